The van der Waals surface area contributed by atoms with E-state index in [1.807, 2.05) is 0 Å². The quantitative estimate of drug-likeness (QED) is 0.310. The number of aryl methyl sites for hydroxylation is 8. The van der Waals surface area contributed by atoms with Crippen LogP contribution in [0.5, 0.6) is 0 Å². The average molecular weight is 421 g/mol. The molecule has 0 saturated carbocycles. The van der Waals surface area contributed by atoms with Gasteiger partial charge in [0.1, 0.15) is 0 Å². The second-order valence-electron chi connectivity index (χ2n) is 9.99. The first-order valence-corrected chi connectivity index (χ1v) is 11.7. The zero-order valence-electron chi connectivity index (χ0n) is 21.2. The van der Waals surface area contributed by atoms with E-state index >= 15 is 0 Å². The van der Waals surface area contributed by atoms with Crippen molar-refractivity contribution < 1.29 is 0 Å². The van der Waals surface area contributed by atoms with Gasteiger partial charge in [-0.25, -0.2) is 0 Å². The largest absolute Gasteiger partial charge is 0.0557 e. The molecule has 0 fully saturated rings. The highest BCUT2D eigenvalue weighted by Crippen LogP contribution is 2.34. The van der Waals surface area contributed by atoms with Crippen LogP contribution in [-0.4, -0.2) is 0 Å². The lowest BCUT2D eigenvalue weighted by Crippen LogP contribution is -2.00. The smallest absolute Gasteiger partial charge is 0.00202 e. The molecular weight excluding hydrogens is 384 g/mol. The predicted molar refractivity (Wildman–Crippen MR) is 141 cm³/mol. The molecule has 0 heteroatoms. The van der Waals surface area contributed by atoms with Crippen LogP contribution in [0.15, 0.2) is 42.5 Å². The summed E-state index contributed by atoms with van der Waals surface area (Å²) in [5.41, 5.74) is 18.0. The minimum Gasteiger partial charge on any atom is -0.0557 e. The minimum absolute atomic E-state index is 0.979. The fraction of sp³-hybridized carbons (Fsp3) is 0.312. The van der Waals surface area contributed by atoms with Crippen LogP contribution in [0, 0.1) is 62.3 Å². The van der Waals surface area contributed by atoms with Gasteiger partial charge in [-0.3, -0.25) is 0 Å². The van der Waals surface area contributed by atoms with Crippen molar-refractivity contribution >= 4 is 10.8 Å². The van der Waals surface area contributed by atoms with Gasteiger partial charge in [-0.05, 0) is 146 Å². The van der Waals surface area contributed by atoms with Crippen molar-refractivity contribution in [3.05, 3.63) is 104 Å². The maximum absolute atomic E-state index is 2.41. The van der Waals surface area contributed by atoms with E-state index in [0.29, 0.717) is 0 Å². The van der Waals surface area contributed by atoms with Gasteiger partial charge in [-0.1, -0.05) is 48.0 Å². The van der Waals surface area contributed by atoms with Gasteiger partial charge in [-0.15, -0.1) is 0 Å². The van der Waals surface area contributed by atoms with Crippen molar-refractivity contribution in [1.29, 1.82) is 0 Å². The average Bonchev–Trinajstić information content (AvgIpc) is 2.68. The van der Waals surface area contributed by atoms with Crippen molar-refractivity contribution in [3.63, 3.8) is 0 Å². The van der Waals surface area contributed by atoms with Crippen LogP contribution in [0.1, 0.15) is 61.2 Å². The Hall–Kier alpha value is -2.86. The molecule has 4 aromatic carbocycles. The van der Waals surface area contributed by atoms with Crippen molar-refractivity contribution in [2.45, 2.75) is 68.7 Å². The lowest BCUT2D eigenvalue weighted by Gasteiger charge is -2.18. The van der Waals surface area contributed by atoms with Gasteiger partial charge in [0.2, 0.25) is 0 Å². The summed E-state index contributed by atoms with van der Waals surface area (Å²) in [5, 5.41) is 2.80. The molecule has 0 aliphatic rings. The molecule has 0 amide bonds. The first-order chi connectivity index (χ1) is 15.1. The molecule has 4 aromatic rings. The molecule has 0 saturated heterocycles. The molecule has 0 aliphatic carbocycles. The standard InChI is InChI=1S/C32H36/c1-18-10-22(5)31(23(6)11-18)28-14-20(3)30(21(4)15-28)17-27-12-24(7)32-26(9)25(8)19(2)13-29(32)16-27/h10-16H,17H2,1-9H3. The molecule has 0 spiro atoms. The van der Waals surface area contributed by atoms with E-state index < -0.39 is 0 Å². The first-order valence-electron chi connectivity index (χ1n) is 11.7. The zero-order valence-corrected chi connectivity index (χ0v) is 21.2. The van der Waals surface area contributed by atoms with Crippen LogP contribution < -0.4 is 0 Å². The third kappa shape index (κ3) is 3.88. The van der Waals surface area contributed by atoms with E-state index in [0.717, 1.165) is 6.42 Å². The predicted octanol–water partition coefficient (Wildman–Crippen LogP) is 8.87. The molecule has 0 atom stereocenters. The maximum Gasteiger partial charge on any atom is -0.00202 e. The summed E-state index contributed by atoms with van der Waals surface area (Å²) < 4.78 is 0. The van der Waals surface area contributed by atoms with E-state index in [4.69, 9.17) is 0 Å². The number of benzene rings is 4. The van der Waals surface area contributed by atoms with Crippen molar-refractivity contribution in [1.82, 2.24) is 0 Å². The number of rotatable bonds is 3. The van der Waals surface area contributed by atoms with Crippen molar-refractivity contribution in [3.8, 4) is 11.1 Å². The fourth-order valence-electron chi connectivity index (χ4n) is 5.70. The second kappa shape index (κ2) is 8.24. The van der Waals surface area contributed by atoms with Gasteiger partial charge < -0.3 is 0 Å². The van der Waals surface area contributed by atoms with Crippen LogP contribution in [0.4, 0.5) is 0 Å². The van der Waals surface area contributed by atoms with Crippen LogP contribution in [0.25, 0.3) is 21.9 Å². The third-order valence-corrected chi connectivity index (χ3v) is 7.37. The summed E-state index contributed by atoms with van der Waals surface area (Å²) in [5.74, 6) is 0. The normalized spacial score (nSPS) is 11.4. The summed E-state index contributed by atoms with van der Waals surface area (Å²) in [6, 6.07) is 16.5. The number of hydrogen-bond acceptors (Lipinski definition) is 0. The Bertz CT molecular complexity index is 1320. The van der Waals surface area contributed by atoms with Gasteiger partial charge >= 0.3 is 0 Å². The second-order valence-corrected chi connectivity index (χ2v) is 9.99. The lowest BCUT2D eigenvalue weighted by atomic mass is 9.87. The van der Waals surface area contributed by atoms with E-state index in [9.17, 15) is 0 Å². The first kappa shape index (κ1) is 22.3. The van der Waals surface area contributed by atoms with Gasteiger partial charge in [0.25, 0.3) is 0 Å². The molecule has 0 bridgehead atoms. The topological polar surface area (TPSA) is 0 Å². The Kier molecular flexibility index (Phi) is 5.76. The van der Waals surface area contributed by atoms with E-state index in [-0.39, 0.29) is 0 Å². The van der Waals surface area contributed by atoms with Crippen LogP contribution in [-0.2, 0) is 6.42 Å². The lowest BCUT2D eigenvalue weighted by molar-refractivity contribution is 1.12. The number of hydrogen-bond donors (Lipinski definition) is 0. The third-order valence-electron chi connectivity index (χ3n) is 7.37. The fourth-order valence-corrected chi connectivity index (χ4v) is 5.70. The van der Waals surface area contributed by atoms with E-state index in [2.05, 4.69) is 105 Å². The summed E-state index contributed by atoms with van der Waals surface area (Å²) in [6.07, 6.45) is 0.979. The highest BCUT2D eigenvalue weighted by molar-refractivity contribution is 5.91. The van der Waals surface area contributed by atoms with Gasteiger partial charge in [0.05, 0.1) is 0 Å². The van der Waals surface area contributed by atoms with Crippen LogP contribution >= 0.6 is 0 Å². The molecule has 0 aliphatic heterocycles. The van der Waals surface area contributed by atoms with Crippen molar-refractivity contribution in [2.75, 3.05) is 0 Å². The molecule has 0 unspecified atom stereocenters. The maximum atomic E-state index is 2.41. The summed E-state index contributed by atoms with van der Waals surface area (Å²) in [4.78, 5) is 0. The van der Waals surface area contributed by atoms with E-state index in [1.165, 1.54) is 83.1 Å². The minimum atomic E-state index is 0.979. The van der Waals surface area contributed by atoms with Crippen molar-refractivity contribution in [2.24, 2.45) is 0 Å². The Morgan fingerprint density at radius 2 is 1.09 bits per heavy atom. The highest BCUT2D eigenvalue weighted by atomic mass is 14.2. The Morgan fingerprint density at radius 3 is 1.69 bits per heavy atom. The molecule has 0 N–H and O–H groups in total. The monoisotopic (exact) mass is 420 g/mol. The Balaban J connectivity index is 1.78. The Labute approximate surface area is 194 Å². The highest BCUT2D eigenvalue weighted by Gasteiger charge is 2.13. The molecule has 0 nitrogen and oxygen atoms in total. The zero-order chi connectivity index (χ0) is 23.3. The van der Waals surface area contributed by atoms with E-state index in [1.54, 1.807) is 0 Å². The molecule has 164 valence electrons. The number of fused-ring (bicyclic) bond motifs is 1. The Morgan fingerprint density at radius 1 is 0.500 bits per heavy atom. The molecular formula is C32H36. The van der Waals surface area contributed by atoms with Gasteiger partial charge in [-0.2, -0.15) is 0 Å². The van der Waals surface area contributed by atoms with Crippen LogP contribution in [0.3, 0.4) is 0 Å². The summed E-state index contributed by atoms with van der Waals surface area (Å²) >= 11 is 0. The van der Waals surface area contributed by atoms with Crippen LogP contribution in [0.2, 0.25) is 0 Å². The van der Waals surface area contributed by atoms with Gasteiger partial charge in [0, 0.05) is 0 Å². The summed E-state index contributed by atoms with van der Waals surface area (Å²) in [7, 11) is 0. The molecule has 0 aromatic heterocycles. The molecule has 0 radical (unpaired) electrons. The molecule has 32 heavy (non-hydrogen) atoms. The SMILES string of the molecule is Cc1cc(C)c(-c2cc(C)c(Cc3cc(C)c4c(C)c(C)c(C)cc4c3)c(C)c2)c(C)c1. The summed E-state index contributed by atoms with van der Waals surface area (Å²) in [6.45, 7) is 20.2. The molecule has 4 rings (SSSR count). The molecule has 0 heterocycles. The van der Waals surface area contributed by atoms with Gasteiger partial charge in [0.15, 0.2) is 0 Å².